The van der Waals surface area contributed by atoms with Crippen molar-refractivity contribution in [3.8, 4) is 0 Å². The van der Waals surface area contributed by atoms with Gasteiger partial charge in [-0.2, -0.15) is 5.10 Å². The predicted molar refractivity (Wildman–Crippen MR) is 56.5 cm³/mol. The van der Waals surface area contributed by atoms with Gasteiger partial charge in [-0.05, 0) is 36.4 Å². The van der Waals surface area contributed by atoms with E-state index in [2.05, 4.69) is 27.7 Å². The molecule has 1 rings (SSSR count). The minimum Gasteiger partial charge on any atom is -0.481 e. The van der Waals surface area contributed by atoms with E-state index in [1.165, 1.54) is 0 Å². The Morgan fingerprint density at radius 3 is 2.69 bits per heavy atom. The predicted octanol–water partition coefficient (Wildman–Crippen LogP) is 1.77. The molecule has 0 fully saturated rings. The standard InChI is InChI=1S/C8H11IN2O2/c1-5(8(12)13)6(2)11-4-7(9)3-10-11/h3-6H,1-2H3,(H,12,13). The van der Waals surface area contributed by atoms with Crippen LogP contribution < -0.4 is 0 Å². The molecule has 1 heterocycles. The van der Waals surface area contributed by atoms with Crippen LogP contribution in [0.2, 0.25) is 0 Å². The van der Waals surface area contributed by atoms with Crippen molar-refractivity contribution >= 4 is 28.6 Å². The maximum atomic E-state index is 10.7. The quantitative estimate of drug-likeness (QED) is 0.864. The summed E-state index contributed by atoms with van der Waals surface area (Å²) in [5.41, 5.74) is 0. The molecule has 1 aromatic rings. The van der Waals surface area contributed by atoms with E-state index < -0.39 is 11.9 Å². The molecule has 0 radical (unpaired) electrons. The number of rotatable bonds is 3. The smallest absolute Gasteiger partial charge is 0.308 e. The normalized spacial score (nSPS) is 15.3. The van der Waals surface area contributed by atoms with Crippen LogP contribution in [0, 0.1) is 9.49 Å². The molecular formula is C8H11IN2O2. The molecule has 0 amide bonds. The first kappa shape index (κ1) is 10.5. The molecule has 0 spiro atoms. The number of nitrogens with zero attached hydrogens (tertiary/aromatic N) is 2. The zero-order valence-corrected chi connectivity index (χ0v) is 9.59. The van der Waals surface area contributed by atoms with Crippen LogP contribution in [-0.4, -0.2) is 20.9 Å². The third kappa shape index (κ3) is 2.43. The van der Waals surface area contributed by atoms with Gasteiger partial charge in [-0.1, -0.05) is 0 Å². The van der Waals surface area contributed by atoms with Crippen molar-refractivity contribution in [1.29, 1.82) is 0 Å². The van der Waals surface area contributed by atoms with Gasteiger partial charge in [0.05, 0.1) is 21.7 Å². The van der Waals surface area contributed by atoms with Gasteiger partial charge in [-0.15, -0.1) is 0 Å². The average molecular weight is 294 g/mol. The molecule has 0 aliphatic heterocycles. The van der Waals surface area contributed by atoms with Crippen LogP contribution in [0.15, 0.2) is 12.4 Å². The van der Waals surface area contributed by atoms with Gasteiger partial charge in [0.2, 0.25) is 0 Å². The summed E-state index contributed by atoms with van der Waals surface area (Å²) in [6.07, 6.45) is 3.55. The summed E-state index contributed by atoms with van der Waals surface area (Å²) < 4.78 is 2.70. The average Bonchev–Trinajstić information content (AvgIpc) is 2.49. The third-order valence-corrected chi connectivity index (χ3v) is 2.66. The molecule has 0 saturated carbocycles. The molecule has 5 heteroatoms. The first-order valence-electron chi connectivity index (χ1n) is 3.95. The molecule has 4 nitrogen and oxygen atoms in total. The fourth-order valence-corrected chi connectivity index (χ4v) is 1.38. The van der Waals surface area contributed by atoms with E-state index in [9.17, 15) is 4.79 Å². The number of carbonyl (C=O) groups is 1. The second-order valence-electron chi connectivity index (χ2n) is 3.01. The van der Waals surface area contributed by atoms with Crippen molar-refractivity contribution in [3.63, 3.8) is 0 Å². The Kier molecular flexibility index (Phi) is 3.29. The van der Waals surface area contributed by atoms with Crippen LogP contribution in [-0.2, 0) is 4.79 Å². The van der Waals surface area contributed by atoms with Crippen LogP contribution >= 0.6 is 22.6 Å². The van der Waals surface area contributed by atoms with Crippen molar-refractivity contribution in [2.75, 3.05) is 0 Å². The van der Waals surface area contributed by atoms with Crippen LogP contribution in [0.1, 0.15) is 19.9 Å². The monoisotopic (exact) mass is 294 g/mol. The summed E-state index contributed by atoms with van der Waals surface area (Å²) in [5.74, 6) is -1.21. The zero-order chi connectivity index (χ0) is 10.0. The molecule has 0 aromatic carbocycles. The molecule has 0 aliphatic carbocycles. The highest BCUT2D eigenvalue weighted by Gasteiger charge is 2.21. The molecule has 2 atom stereocenters. The molecule has 0 saturated heterocycles. The molecule has 1 aromatic heterocycles. The Morgan fingerprint density at radius 1 is 1.69 bits per heavy atom. The van der Waals surface area contributed by atoms with Gasteiger partial charge >= 0.3 is 5.97 Å². The number of aromatic nitrogens is 2. The first-order valence-corrected chi connectivity index (χ1v) is 5.02. The summed E-state index contributed by atoms with van der Waals surface area (Å²) in [4.78, 5) is 10.7. The highest BCUT2D eigenvalue weighted by molar-refractivity contribution is 14.1. The number of aliphatic carboxylic acids is 1. The van der Waals surface area contributed by atoms with E-state index in [0.29, 0.717) is 0 Å². The van der Waals surface area contributed by atoms with Crippen molar-refractivity contribution < 1.29 is 9.90 Å². The Bertz CT molecular complexity index is 311. The molecule has 1 N–H and O–H groups in total. The highest BCUT2D eigenvalue weighted by Crippen LogP contribution is 2.17. The third-order valence-electron chi connectivity index (χ3n) is 2.10. The largest absolute Gasteiger partial charge is 0.481 e. The zero-order valence-electron chi connectivity index (χ0n) is 7.44. The lowest BCUT2D eigenvalue weighted by Gasteiger charge is -2.15. The van der Waals surface area contributed by atoms with Gasteiger partial charge in [-0.25, -0.2) is 0 Å². The Balaban J connectivity index is 2.78. The van der Waals surface area contributed by atoms with Gasteiger partial charge in [-0.3, -0.25) is 9.48 Å². The molecule has 0 aliphatic rings. The maximum absolute atomic E-state index is 10.7. The summed E-state index contributed by atoms with van der Waals surface area (Å²) in [6.45, 7) is 3.53. The number of carboxylic acids is 1. The fourth-order valence-electron chi connectivity index (χ4n) is 0.973. The van der Waals surface area contributed by atoms with Gasteiger partial charge in [0, 0.05) is 6.20 Å². The highest BCUT2D eigenvalue weighted by atomic mass is 127. The van der Waals surface area contributed by atoms with Crippen molar-refractivity contribution in [1.82, 2.24) is 9.78 Å². The van der Waals surface area contributed by atoms with Crippen LogP contribution in [0.4, 0.5) is 0 Å². The van der Waals surface area contributed by atoms with Crippen molar-refractivity contribution in [2.45, 2.75) is 19.9 Å². The Morgan fingerprint density at radius 2 is 2.31 bits per heavy atom. The number of halogens is 1. The topological polar surface area (TPSA) is 55.1 Å². The van der Waals surface area contributed by atoms with E-state index >= 15 is 0 Å². The molecular weight excluding hydrogens is 283 g/mol. The van der Waals surface area contributed by atoms with E-state index in [-0.39, 0.29) is 6.04 Å². The minimum absolute atomic E-state index is 0.110. The second kappa shape index (κ2) is 4.08. The summed E-state index contributed by atoms with van der Waals surface area (Å²) in [6, 6.07) is -0.110. The van der Waals surface area contributed by atoms with Gasteiger partial charge < -0.3 is 5.11 Å². The maximum Gasteiger partial charge on any atom is 0.308 e. The van der Waals surface area contributed by atoms with Crippen molar-refractivity contribution in [2.24, 2.45) is 5.92 Å². The SMILES string of the molecule is CC(C(=O)O)C(C)n1cc(I)cn1. The first-order chi connectivity index (χ1) is 6.02. The lowest BCUT2D eigenvalue weighted by Crippen LogP contribution is -2.21. The fraction of sp³-hybridized carbons (Fsp3) is 0.500. The van der Waals surface area contributed by atoms with E-state index in [0.717, 1.165) is 3.57 Å². The Labute approximate surface area is 90.1 Å². The summed E-state index contributed by atoms with van der Waals surface area (Å²) in [5, 5.41) is 12.8. The summed E-state index contributed by atoms with van der Waals surface area (Å²) in [7, 11) is 0. The van der Waals surface area contributed by atoms with Crippen molar-refractivity contribution in [3.05, 3.63) is 16.0 Å². The minimum atomic E-state index is -0.794. The van der Waals surface area contributed by atoms with Crippen LogP contribution in [0.5, 0.6) is 0 Å². The molecule has 0 bridgehead atoms. The van der Waals surface area contributed by atoms with E-state index in [1.807, 2.05) is 13.1 Å². The number of carboxylic acid groups (broad SMARTS) is 1. The van der Waals surface area contributed by atoms with E-state index in [1.54, 1.807) is 17.8 Å². The molecule has 72 valence electrons. The second-order valence-corrected chi connectivity index (χ2v) is 4.25. The van der Waals surface area contributed by atoms with E-state index in [4.69, 9.17) is 5.11 Å². The number of hydrogen-bond acceptors (Lipinski definition) is 2. The lowest BCUT2D eigenvalue weighted by atomic mass is 10.1. The van der Waals surface area contributed by atoms with Gasteiger partial charge in [0.15, 0.2) is 0 Å². The van der Waals surface area contributed by atoms with Crippen LogP contribution in [0.3, 0.4) is 0 Å². The molecule has 13 heavy (non-hydrogen) atoms. The van der Waals surface area contributed by atoms with Gasteiger partial charge in [0.25, 0.3) is 0 Å². The Hall–Kier alpha value is -0.590. The number of hydrogen-bond donors (Lipinski definition) is 1. The van der Waals surface area contributed by atoms with Gasteiger partial charge in [0.1, 0.15) is 0 Å². The lowest BCUT2D eigenvalue weighted by molar-refractivity contribution is -0.142. The molecule has 2 unspecified atom stereocenters. The summed E-state index contributed by atoms with van der Waals surface area (Å²) >= 11 is 2.14. The van der Waals surface area contributed by atoms with Crippen LogP contribution in [0.25, 0.3) is 0 Å².